The molecule has 0 fully saturated rings. The van der Waals surface area contributed by atoms with Crippen molar-refractivity contribution in [1.82, 2.24) is 4.72 Å². The number of nitrogens with one attached hydrogen (secondary N) is 2. The summed E-state index contributed by atoms with van der Waals surface area (Å²) in [6.45, 7) is 1.92. The Morgan fingerprint density at radius 1 is 0.966 bits per heavy atom. The average Bonchev–Trinajstić information content (AvgIpc) is 2.68. The van der Waals surface area contributed by atoms with Crippen molar-refractivity contribution in [3.05, 3.63) is 94.5 Å². The lowest BCUT2D eigenvalue weighted by atomic mass is 10.1. The number of sulfonamides is 1. The normalized spacial score (nSPS) is 12.3. The van der Waals surface area contributed by atoms with Crippen LogP contribution in [0.25, 0.3) is 0 Å². The molecule has 2 N–H and O–H groups in total. The zero-order valence-corrected chi connectivity index (χ0v) is 18.2. The molecule has 0 spiro atoms. The molecule has 0 aliphatic rings. The van der Waals surface area contributed by atoms with E-state index in [2.05, 4.69) is 26.0 Å². The van der Waals surface area contributed by atoms with Gasteiger partial charge >= 0.3 is 0 Å². The Bertz CT molecular complexity index is 1080. The molecule has 3 aromatic rings. The minimum Gasteiger partial charge on any atom is -0.325 e. The molecule has 0 bridgehead atoms. The van der Waals surface area contributed by atoms with Gasteiger partial charge in [0.05, 0.1) is 4.90 Å². The van der Waals surface area contributed by atoms with Crippen LogP contribution in [0.15, 0.2) is 88.2 Å². The molecule has 29 heavy (non-hydrogen) atoms. The van der Waals surface area contributed by atoms with Gasteiger partial charge in [0.1, 0.15) is 6.04 Å². The Morgan fingerprint density at radius 2 is 1.66 bits per heavy atom. The van der Waals surface area contributed by atoms with Crippen LogP contribution < -0.4 is 10.0 Å². The monoisotopic (exact) mass is 472 g/mol. The van der Waals surface area contributed by atoms with E-state index in [0.717, 1.165) is 15.6 Å². The highest BCUT2D eigenvalue weighted by Crippen LogP contribution is 2.17. The van der Waals surface area contributed by atoms with Gasteiger partial charge in [-0.2, -0.15) is 4.72 Å². The van der Waals surface area contributed by atoms with Gasteiger partial charge in [0.25, 0.3) is 0 Å². The van der Waals surface area contributed by atoms with Crippen molar-refractivity contribution in [2.45, 2.75) is 24.3 Å². The number of hydrogen-bond acceptors (Lipinski definition) is 3. The zero-order valence-electron chi connectivity index (χ0n) is 15.8. The van der Waals surface area contributed by atoms with Crippen LogP contribution in [-0.2, 0) is 21.2 Å². The van der Waals surface area contributed by atoms with Gasteiger partial charge in [0.2, 0.25) is 15.9 Å². The number of hydrogen-bond donors (Lipinski definition) is 2. The molecule has 3 rings (SSSR count). The first-order chi connectivity index (χ1) is 13.8. The van der Waals surface area contributed by atoms with Crippen LogP contribution in [0.4, 0.5) is 5.69 Å². The number of halogens is 1. The maximum atomic E-state index is 12.9. The lowest BCUT2D eigenvalue weighted by Crippen LogP contribution is -2.45. The van der Waals surface area contributed by atoms with Gasteiger partial charge in [0, 0.05) is 10.2 Å². The standard InChI is InChI=1S/C22H21BrN2O3S/c1-16-6-5-9-19(14-16)24-22(26)21(15-17-7-3-2-4-8-17)25-29(27,28)20-12-10-18(23)11-13-20/h2-14,21,25H,15H2,1H3,(H,24,26)/t21-/m1/s1. The summed E-state index contributed by atoms with van der Waals surface area (Å²) in [5.74, 6) is -0.417. The largest absolute Gasteiger partial charge is 0.325 e. The van der Waals surface area contributed by atoms with E-state index in [4.69, 9.17) is 0 Å². The Morgan fingerprint density at radius 3 is 2.31 bits per heavy atom. The maximum Gasteiger partial charge on any atom is 0.242 e. The number of amides is 1. The molecule has 0 aliphatic heterocycles. The highest BCUT2D eigenvalue weighted by atomic mass is 79.9. The van der Waals surface area contributed by atoms with E-state index < -0.39 is 22.0 Å². The zero-order chi connectivity index (χ0) is 20.9. The first-order valence-electron chi connectivity index (χ1n) is 9.03. The van der Waals surface area contributed by atoms with Crippen molar-refractivity contribution in [2.24, 2.45) is 0 Å². The molecule has 0 saturated carbocycles. The van der Waals surface area contributed by atoms with Crippen LogP contribution in [0.3, 0.4) is 0 Å². The summed E-state index contributed by atoms with van der Waals surface area (Å²) in [4.78, 5) is 13.0. The highest BCUT2D eigenvalue weighted by Gasteiger charge is 2.26. The lowest BCUT2D eigenvalue weighted by Gasteiger charge is -2.19. The van der Waals surface area contributed by atoms with E-state index in [1.165, 1.54) is 12.1 Å². The third-order valence-electron chi connectivity index (χ3n) is 4.31. The smallest absolute Gasteiger partial charge is 0.242 e. The predicted octanol–water partition coefficient (Wildman–Crippen LogP) is 4.29. The first-order valence-corrected chi connectivity index (χ1v) is 11.3. The second-order valence-electron chi connectivity index (χ2n) is 6.68. The number of carbonyl (C=O) groups is 1. The summed E-state index contributed by atoms with van der Waals surface area (Å²) < 4.78 is 29.0. The van der Waals surface area contributed by atoms with Crippen molar-refractivity contribution < 1.29 is 13.2 Å². The van der Waals surface area contributed by atoms with Crippen molar-refractivity contribution in [2.75, 3.05) is 5.32 Å². The molecule has 3 aromatic carbocycles. The molecule has 150 valence electrons. The van der Waals surface area contributed by atoms with Gasteiger partial charge < -0.3 is 5.32 Å². The molecule has 0 radical (unpaired) electrons. The number of aryl methyl sites for hydroxylation is 1. The molecule has 0 unspecified atom stereocenters. The second-order valence-corrected chi connectivity index (χ2v) is 9.31. The highest BCUT2D eigenvalue weighted by molar-refractivity contribution is 9.10. The SMILES string of the molecule is Cc1cccc(NC(=O)[C@@H](Cc2ccccc2)NS(=O)(=O)c2ccc(Br)cc2)c1. The van der Waals surface area contributed by atoms with E-state index in [1.807, 2.05) is 55.5 Å². The number of rotatable bonds is 7. The van der Waals surface area contributed by atoms with Gasteiger partial charge in [0.15, 0.2) is 0 Å². The Kier molecular flexibility index (Phi) is 6.84. The molecule has 0 heterocycles. The molecule has 0 aromatic heterocycles. The van der Waals surface area contributed by atoms with E-state index >= 15 is 0 Å². The van der Waals surface area contributed by atoms with E-state index in [1.54, 1.807) is 18.2 Å². The van der Waals surface area contributed by atoms with Gasteiger partial charge in [-0.15, -0.1) is 0 Å². The van der Waals surface area contributed by atoms with Gasteiger partial charge in [-0.05, 0) is 60.9 Å². The van der Waals surface area contributed by atoms with Crippen LogP contribution >= 0.6 is 15.9 Å². The third-order valence-corrected chi connectivity index (χ3v) is 6.32. The van der Waals surface area contributed by atoms with Crippen molar-refractivity contribution in [1.29, 1.82) is 0 Å². The van der Waals surface area contributed by atoms with Crippen molar-refractivity contribution in [3.63, 3.8) is 0 Å². The number of anilines is 1. The molecule has 0 aliphatic carbocycles. The maximum absolute atomic E-state index is 12.9. The minimum atomic E-state index is -3.87. The number of benzene rings is 3. The quantitative estimate of drug-likeness (QED) is 0.538. The van der Waals surface area contributed by atoms with Crippen LogP contribution in [0.1, 0.15) is 11.1 Å². The second kappa shape index (κ2) is 9.35. The summed E-state index contributed by atoms with van der Waals surface area (Å²) in [6.07, 6.45) is 0.230. The fourth-order valence-electron chi connectivity index (χ4n) is 2.86. The summed E-state index contributed by atoms with van der Waals surface area (Å²) in [7, 11) is -3.87. The Hall–Kier alpha value is -2.48. The summed E-state index contributed by atoms with van der Waals surface area (Å²) >= 11 is 3.29. The molecule has 0 saturated heterocycles. The third kappa shape index (κ3) is 6.00. The van der Waals surface area contributed by atoms with Gasteiger partial charge in [-0.1, -0.05) is 58.4 Å². The average molecular weight is 473 g/mol. The molecular formula is C22H21BrN2O3S. The molecule has 1 amide bonds. The minimum absolute atomic E-state index is 0.0992. The topological polar surface area (TPSA) is 75.3 Å². The Balaban J connectivity index is 1.85. The number of carbonyl (C=O) groups excluding carboxylic acids is 1. The molecule has 5 nitrogen and oxygen atoms in total. The van der Waals surface area contributed by atoms with E-state index in [9.17, 15) is 13.2 Å². The molecular weight excluding hydrogens is 452 g/mol. The molecule has 7 heteroatoms. The van der Waals surface area contributed by atoms with Crippen LogP contribution in [-0.4, -0.2) is 20.4 Å². The van der Waals surface area contributed by atoms with Gasteiger partial charge in [-0.3, -0.25) is 4.79 Å². The van der Waals surface area contributed by atoms with Crippen molar-refractivity contribution >= 4 is 37.5 Å². The summed E-state index contributed by atoms with van der Waals surface area (Å²) in [6, 6.07) is 22.0. The lowest BCUT2D eigenvalue weighted by molar-refractivity contribution is -0.117. The summed E-state index contributed by atoms with van der Waals surface area (Å²) in [5, 5.41) is 2.81. The van der Waals surface area contributed by atoms with Crippen LogP contribution in [0.5, 0.6) is 0 Å². The van der Waals surface area contributed by atoms with E-state index in [0.29, 0.717) is 5.69 Å². The predicted molar refractivity (Wildman–Crippen MR) is 118 cm³/mol. The fraction of sp³-hybridized carbons (Fsp3) is 0.136. The Labute approximate surface area is 179 Å². The van der Waals surface area contributed by atoms with Crippen LogP contribution in [0, 0.1) is 6.92 Å². The van der Waals surface area contributed by atoms with Crippen molar-refractivity contribution in [3.8, 4) is 0 Å². The molecule has 1 atom stereocenters. The fourth-order valence-corrected chi connectivity index (χ4v) is 4.32. The van der Waals surface area contributed by atoms with E-state index in [-0.39, 0.29) is 11.3 Å². The van der Waals surface area contributed by atoms with Crippen LogP contribution in [0.2, 0.25) is 0 Å². The summed E-state index contributed by atoms with van der Waals surface area (Å²) in [5.41, 5.74) is 2.48. The first kappa shape index (κ1) is 21.2. The van der Waals surface area contributed by atoms with Gasteiger partial charge in [-0.25, -0.2) is 8.42 Å².